The van der Waals surface area contributed by atoms with Gasteiger partial charge in [0.15, 0.2) is 0 Å². The Morgan fingerprint density at radius 1 is 1.15 bits per heavy atom. The smallest absolute Gasteiger partial charge is 0.273 e. The second-order valence-electron chi connectivity index (χ2n) is 9.97. The van der Waals surface area contributed by atoms with E-state index in [-0.39, 0.29) is 23.4 Å². The first-order valence-electron chi connectivity index (χ1n) is 11.9. The van der Waals surface area contributed by atoms with Gasteiger partial charge < -0.3 is 20.4 Å². The number of carbonyl (C=O) groups excluding carboxylic acids is 2. The van der Waals surface area contributed by atoms with Crippen LogP contribution in [0, 0.1) is 0 Å². The summed E-state index contributed by atoms with van der Waals surface area (Å²) in [4.78, 5) is 37.9. The Balaban J connectivity index is 1.55. The number of benzene rings is 1. The van der Waals surface area contributed by atoms with E-state index < -0.39 is 0 Å². The molecule has 0 aliphatic carbocycles. The van der Waals surface area contributed by atoms with Gasteiger partial charge in [-0.1, -0.05) is 23.7 Å². The van der Waals surface area contributed by atoms with Crippen LogP contribution in [0.3, 0.4) is 0 Å². The highest BCUT2D eigenvalue weighted by atomic mass is 35.5. The molecule has 0 saturated carbocycles. The molecule has 2 N–H and O–H groups in total. The van der Waals surface area contributed by atoms with E-state index in [1.807, 2.05) is 47.9 Å². The molecule has 9 heteroatoms. The number of nitrogens with zero attached hydrogens (tertiary/aromatic N) is 4. The van der Waals surface area contributed by atoms with Gasteiger partial charge in [-0.15, -0.1) is 0 Å². The average molecular weight is 485 g/mol. The van der Waals surface area contributed by atoms with Gasteiger partial charge in [0.2, 0.25) is 11.9 Å². The van der Waals surface area contributed by atoms with E-state index in [0.717, 1.165) is 30.5 Å². The van der Waals surface area contributed by atoms with Gasteiger partial charge >= 0.3 is 0 Å². The molecule has 1 saturated heterocycles. The molecule has 0 radical (unpaired) electrons. The average Bonchev–Trinajstić information content (AvgIpc) is 3.33. The van der Waals surface area contributed by atoms with Crippen molar-refractivity contribution in [1.82, 2.24) is 19.8 Å². The Labute approximate surface area is 206 Å². The van der Waals surface area contributed by atoms with Crippen molar-refractivity contribution in [2.75, 3.05) is 30.3 Å². The minimum absolute atomic E-state index is 0.0641. The number of anilines is 2. The summed E-state index contributed by atoms with van der Waals surface area (Å²) in [6, 6.07) is 7.89. The van der Waals surface area contributed by atoms with Crippen LogP contribution in [0.4, 0.5) is 11.8 Å². The van der Waals surface area contributed by atoms with Crippen LogP contribution in [-0.2, 0) is 17.8 Å². The van der Waals surface area contributed by atoms with Crippen molar-refractivity contribution in [2.24, 2.45) is 0 Å². The summed E-state index contributed by atoms with van der Waals surface area (Å²) in [5.74, 6) is 1.17. The predicted molar refractivity (Wildman–Crippen MR) is 134 cm³/mol. The lowest BCUT2D eigenvalue weighted by Crippen LogP contribution is -2.35. The third-order valence-electron chi connectivity index (χ3n) is 6.27. The molecule has 2 aliphatic heterocycles. The van der Waals surface area contributed by atoms with Crippen LogP contribution < -0.4 is 10.6 Å². The van der Waals surface area contributed by atoms with Gasteiger partial charge in [-0.2, -0.15) is 4.98 Å². The predicted octanol–water partition coefficient (Wildman–Crippen LogP) is 3.96. The van der Waals surface area contributed by atoms with Crippen LogP contribution in [0.1, 0.15) is 62.2 Å². The van der Waals surface area contributed by atoms with Gasteiger partial charge in [0.1, 0.15) is 11.5 Å². The summed E-state index contributed by atoms with van der Waals surface area (Å²) in [6.07, 6.45) is 2.28. The Morgan fingerprint density at radius 2 is 1.88 bits per heavy atom. The van der Waals surface area contributed by atoms with Crippen molar-refractivity contribution in [1.29, 1.82) is 0 Å². The topological polar surface area (TPSA) is 90.5 Å². The van der Waals surface area contributed by atoms with E-state index in [1.165, 1.54) is 0 Å². The lowest BCUT2D eigenvalue weighted by molar-refractivity contribution is -0.127. The molecular weight excluding hydrogens is 452 g/mol. The van der Waals surface area contributed by atoms with Crippen molar-refractivity contribution in [3.63, 3.8) is 0 Å². The zero-order valence-electron chi connectivity index (χ0n) is 20.3. The number of aromatic nitrogens is 2. The highest BCUT2D eigenvalue weighted by Gasteiger charge is 2.35. The van der Waals surface area contributed by atoms with Crippen molar-refractivity contribution >= 4 is 35.2 Å². The van der Waals surface area contributed by atoms with Gasteiger partial charge in [0.05, 0.1) is 6.54 Å². The second-order valence-corrected chi connectivity index (χ2v) is 10.4. The van der Waals surface area contributed by atoms with Crippen LogP contribution >= 0.6 is 11.6 Å². The van der Waals surface area contributed by atoms with Crippen LogP contribution in [0.5, 0.6) is 0 Å². The van der Waals surface area contributed by atoms with Gasteiger partial charge in [0.25, 0.3) is 5.91 Å². The largest absolute Gasteiger partial charge is 0.364 e. The second kappa shape index (κ2) is 9.78. The summed E-state index contributed by atoms with van der Waals surface area (Å²) < 4.78 is 0. The normalized spacial score (nSPS) is 15.9. The standard InChI is InChI=1S/C25H33ClN6O2/c1-16(2)32-15-19-21(23(32)34)28-24(27-11-13-31-12-5-6-20(31)33)29-22(19)30-25(3,4)14-17-7-9-18(26)10-8-17/h7-10,16H,5-6,11-15H2,1-4H3,(H2,27,28,29,30). The molecule has 1 fully saturated rings. The molecule has 2 aliphatic rings. The molecule has 8 nitrogen and oxygen atoms in total. The molecule has 3 heterocycles. The van der Waals surface area contributed by atoms with Crippen LogP contribution in [0.25, 0.3) is 0 Å². The number of amides is 2. The molecule has 0 spiro atoms. The third kappa shape index (κ3) is 5.43. The lowest BCUT2D eigenvalue weighted by atomic mass is 9.94. The highest BCUT2D eigenvalue weighted by molar-refractivity contribution is 6.30. The van der Waals surface area contributed by atoms with Gasteiger partial charge in [-0.25, -0.2) is 4.98 Å². The summed E-state index contributed by atoms with van der Waals surface area (Å²) in [5.41, 5.74) is 2.08. The molecule has 0 atom stereocenters. The van der Waals surface area contributed by atoms with E-state index >= 15 is 0 Å². The highest BCUT2D eigenvalue weighted by Crippen LogP contribution is 2.31. The van der Waals surface area contributed by atoms with E-state index in [2.05, 4.69) is 29.5 Å². The molecule has 1 aromatic heterocycles. The molecule has 1 aromatic carbocycles. The summed E-state index contributed by atoms with van der Waals surface area (Å²) >= 11 is 6.04. The van der Waals surface area contributed by atoms with Crippen molar-refractivity contribution in [2.45, 2.75) is 65.1 Å². The van der Waals surface area contributed by atoms with Crippen LogP contribution in [0.2, 0.25) is 5.02 Å². The zero-order valence-corrected chi connectivity index (χ0v) is 21.1. The quantitative estimate of drug-likeness (QED) is 0.560. The fourth-order valence-corrected chi connectivity index (χ4v) is 4.63. The van der Waals surface area contributed by atoms with Crippen molar-refractivity contribution < 1.29 is 9.59 Å². The van der Waals surface area contributed by atoms with E-state index in [1.54, 1.807) is 0 Å². The van der Waals surface area contributed by atoms with Crippen LogP contribution in [-0.4, -0.2) is 62.8 Å². The summed E-state index contributed by atoms with van der Waals surface area (Å²) in [6.45, 7) is 10.6. The Hall–Kier alpha value is -2.87. The number of carbonyl (C=O) groups is 2. The molecule has 182 valence electrons. The molecule has 0 unspecified atom stereocenters. The number of fused-ring (bicyclic) bond motifs is 1. The van der Waals surface area contributed by atoms with Crippen molar-refractivity contribution in [3.8, 4) is 0 Å². The number of likely N-dealkylation sites (tertiary alicyclic amines) is 1. The maximum absolute atomic E-state index is 13.1. The first-order chi connectivity index (χ1) is 16.1. The molecule has 2 aromatic rings. The number of rotatable bonds is 9. The molecule has 4 rings (SSSR count). The first-order valence-corrected chi connectivity index (χ1v) is 12.3. The maximum atomic E-state index is 13.1. The fourth-order valence-electron chi connectivity index (χ4n) is 4.51. The first kappa shape index (κ1) is 24.3. The minimum Gasteiger partial charge on any atom is -0.364 e. The Bertz CT molecular complexity index is 1070. The van der Waals surface area contributed by atoms with Gasteiger partial charge in [-0.3, -0.25) is 9.59 Å². The molecule has 2 amide bonds. The molecular formula is C25H33ClN6O2. The molecule has 34 heavy (non-hydrogen) atoms. The number of hydrogen-bond acceptors (Lipinski definition) is 6. The van der Waals surface area contributed by atoms with E-state index in [4.69, 9.17) is 16.6 Å². The summed E-state index contributed by atoms with van der Waals surface area (Å²) in [5, 5.41) is 7.51. The monoisotopic (exact) mass is 484 g/mol. The zero-order chi connectivity index (χ0) is 24.5. The molecule has 0 bridgehead atoms. The number of hydrogen-bond donors (Lipinski definition) is 2. The number of halogens is 1. The van der Waals surface area contributed by atoms with Crippen LogP contribution in [0.15, 0.2) is 24.3 Å². The van der Waals surface area contributed by atoms with Crippen molar-refractivity contribution in [3.05, 3.63) is 46.1 Å². The van der Waals surface area contributed by atoms with E-state index in [9.17, 15) is 9.59 Å². The minimum atomic E-state index is -0.330. The lowest BCUT2D eigenvalue weighted by Gasteiger charge is -2.28. The van der Waals surface area contributed by atoms with E-state index in [0.29, 0.717) is 48.5 Å². The summed E-state index contributed by atoms with van der Waals surface area (Å²) in [7, 11) is 0. The Kier molecular flexibility index (Phi) is 6.98. The third-order valence-corrected chi connectivity index (χ3v) is 6.53. The number of nitrogens with one attached hydrogen (secondary N) is 2. The van der Waals surface area contributed by atoms with Gasteiger partial charge in [0, 0.05) is 48.2 Å². The Morgan fingerprint density at radius 3 is 2.53 bits per heavy atom. The fraction of sp³-hybridized carbons (Fsp3) is 0.520. The maximum Gasteiger partial charge on any atom is 0.273 e. The van der Waals surface area contributed by atoms with Gasteiger partial charge in [-0.05, 0) is 58.2 Å². The SMILES string of the molecule is CC(C)N1Cc2c(NC(C)(C)Cc3ccc(Cl)cc3)nc(NCCN3CCCC3=O)nc2C1=O.